The van der Waals surface area contributed by atoms with Gasteiger partial charge in [-0.25, -0.2) is 0 Å². The molecule has 0 bridgehead atoms. The fourth-order valence-corrected chi connectivity index (χ4v) is 2.03. The van der Waals surface area contributed by atoms with Crippen LogP contribution in [0.2, 0.25) is 0 Å². The number of nitrogens with one attached hydrogen (secondary N) is 1. The third-order valence-corrected chi connectivity index (χ3v) is 3.69. The van der Waals surface area contributed by atoms with Crippen LogP contribution < -0.4 is 15.8 Å². The van der Waals surface area contributed by atoms with Gasteiger partial charge in [-0.15, -0.1) is 0 Å². The quantitative estimate of drug-likeness (QED) is 0.827. The third-order valence-electron chi connectivity index (χ3n) is 3.69. The fourth-order valence-electron chi connectivity index (χ4n) is 2.03. The summed E-state index contributed by atoms with van der Waals surface area (Å²) in [6.07, 6.45) is 1.64. The zero-order valence-electron chi connectivity index (χ0n) is 11.0. The topological polar surface area (TPSA) is 64.3 Å². The number of nitrogens with two attached hydrogens (primary N) is 1. The lowest BCUT2D eigenvalue weighted by atomic mass is 9.97. The number of carbonyl (C=O) groups is 1. The maximum Gasteiger partial charge on any atom is 0.237 e. The lowest BCUT2D eigenvalue weighted by Gasteiger charge is -2.26. The van der Waals surface area contributed by atoms with Gasteiger partial charge in [-0.2, -0.15) is 0 Å². The van der Waals surface area contributed by atoms with Crippen LogP contribution in [0.3, 0.4) is 0 Å². The average molecular weight is 248 g/mol. The summed E-state index contributed by atoms with van der Waals surface area (Å²) in [5.41, 5.74) is 7.17. The second-order valence-corrected chi connectivity index (χ2v) is 4.94. The maximum absolute atomic E-state index is 11.4. The molecular formula is C14H20N2O2. The van der Waals surface area contributed by atoms with Gasteiger partial charge in [0.05, 0.1) is 12.1 Å². The Morgan fingerprint density at radius 3 is 3.00 bits per heavy atom. The largest absolute Gasteiger partial charge is 0.493 e. The fraction of sp³-hybridized carbons (Fsp3) is 0.500. The predicted molar refractivity (Wildman–Crippen MR) is 70.4 cm³/mol. The van der Waals surface area contributed by atoms with Crippen molar-refractivity contribution in [2.75, 3.05) is 6.61 Å². The molecule has 1 unspecified atom stereocenters. The Morgan fingerprint density at radius 2 is 2.33 bits per heavy atom. The molecule has 2 rings (SSSR count). The summed E-state index contributed by atoms with van der Waals surface area (Å²) in [5, 5.41) is 3.24. The summed E-state index contributed by atoms with van der Waals surface area (Å²) < 4.78 is 5.46. The molecule has 0 spiro atoms. The molecule has 1 aliphatic heterocycles. The molecule has 0 saturated heterocycles. The van der Waals surface area contributed by atoms with Crippen LogP contribution in [0.5, 0.6) is 5.75 Å². The van der Waals surface area contributed by atoms with Gasteiger partial charge in [-0.1, -0.05) is 19.1 Å². The van der Waals surface area contributed by atoms with Gasteiger partial charge in [0.2, 0.25) is 5.91 Å². The number of hydrogen-bond acceptors (Lipinski definition) is 3. The van der Waals surface area contributed by atoms with Gasteiger partial charge in [0.25, 0.3) is 0 Å². The highest BCUT2D eigenvalue weighted by atomic mass is 16.5. The van der Waals surface area contributed by atoms with Gasteiger partial charge in [0, 0.05) is 13.0 Å². The van der Waals surface area contributed by atoms with Gasteiger partial charge in [-0.05, 0) is 30.5 Å². The molecule has 3 N–H and O–H groups in total. The van der Waals surface area contributed by atoms with Crippen LogP contribution >= 0.6 is 0 Å². The normalized spacial score (nSPS) is 16.8. The van der Waals surface area contributed by atoms with Crippen molar-refractivity contribution in [2.45, 2.75) is 38.8 Å². The van der Waals surface area contributed by atoms with Crippen molar-refractivity contribution in [1.29, 1.82) is 0 Å². The van der Waals surface area contributed by atoms with Gasteiger partial charge in [0.1, 0.15) is 5.75 Å². The number of ether oxygens (including phenoxy) is 1. The molecule has 0 fully saturated rings. The highest BCUT2D eigenvalue weighted by molar-refractivity contribution is 5.84. The molecular weight excluding hydrogens is 228 g/mol. The highest BCUT2D eigenvalue weighted by Crippen LogP contribution is 2.26. The van der Waals surface area contributed by atoms with E-state index in [-0.39, 0.29) is 5.91 Å². The Balaban J connectivity index is 2.04. The molecule has 1 aliphatic rings. The summed E-state index contributed by atoms with van der Waals surface area (Å²) in [6.45, 7) is 5.20. The molecule has 1 aromatic rings. The molecule has 1 amide bonds. The van der Waals surface area contributed by atoms with E-state index in [0.29, 0.717) is 13.0 Å². The van der Waals surface area contributed by atoms with Gasteiger partial charge in [-0.3, -0.25) is 10.1 Å². The van der Waals surface area contributed by atoms with Crippen molar-refractivity contribution in [1.82, 2.24) is 5.32 Å². The first-order valence-electron chi connectivity index (χ1n) is 6.34. The van der Waals surface area contributed by atoms with Crippen LogP contribution in [0.1, 0.15) is 31.4 Å². The van der Waals surface area contributed by atoms with Gasteiger partial charge < -0.3 is 10.5 Å². The van der Waals surface area contributed by atoms with Crippen molar-refractivity contribution in [2.24, 2.45) is 5.73 Å². The first kappa shape index (κ1) is 12.9. The molecule has 0 radical (unpaired) electrons. The smallest absolute Gasteiger partial charge is 0.237 e. The van der Waals surface area contributed by atoms with Gasteiger partial charge in [0.15, 0.2) is 0 Å². The van der Waals surface area contributed by atoms with E-state index in [1.165, 1.54) is 5.56 Å². The van der Waals surface area contributed by atoms with E-state index in [0.717, 1.165) is 24.3 Å². The lowest BCUT2D eigenvalue weighted by molar-refractivity contribution is -0.124. The minimum Gasteiger partial charge on any atom is -0.493 e. The van der Waals surface area contributed by atoms with E-state index in [4.69, 9.17) is 10.5 Å². The molecule has 0 aliphatic carbocycles. The van der Waals surface area contributed by atoms with E-state index in [1.807, 2.05) is 26.0 Å². The number of primary amides is 1. The minimum atomic E-state index is -0.643. The minimum absolute atomic E-state index is 0.311. The standard InChI is InChI=1S/C14H20N2O2/c1-3-14(2,13(15)17)16-9-10-4-5-12-11(8-10)6-7-18-12/h4-5,8,16H,3,6-7,9H2,1-2H3,(H2,15,17). The number of fused-ring (bicyclic) bond motifs is 1. The summed E-state index contributed by atoms with van der Waals surface area (Å²) in [7, 11) is 0. The Kier molecular flexibility index (Phi) is 3.57. The van der Waals surface area contributed by atoms with Crippen molar-refractivity contribution in [3.8, 4) is 5.75 Å². The summed E-state index contributed by atoms with van der Waals surface area (Å²) in [5.74, 6) is 0.668. The number of rotatable bonds is 5. The number of hydrogen-bond donors (Lipinski definition) is 2. The van der Waals surface area contributed by atoms with Crippen molar-refractivity contribution in [3.63, 3.8) is 0 Å². The van der Waals surface area contributed by atoms with Crippen LogP contribution in [-0.4, -0.2) is 18.1 Å². The molecule has 1 heterocycles. The summed E-state index contributed by atoms with van der Waals surface area (Å²) >= 11 is 0. The Morgan fingerprint density at radius 1 is 1.56 bits per heavy atom. The highest BCUT2D eigenvalue weighted by Gasteiger charge is 2.28. The zero-order valence-corrected chi connectivity index (χ0v) is 11.0. The molecule has 0 aromatic heterocycles. The second-order valence-electron chi connectivity index (χ2n) is 4.94. The maximum atomic E-state index is 11.4. The van der Waals surface area contributed by atoms with E-state index >= 15 is 0 Å². The van der Waals surface area contributed by atoms with Gasteiger partial charge >= 0.3 is 0 Å². The monoisotopic (exact) mass is 248 g/mol. The first-order chi connectivity index (χ1) is 8.55. The van der Waals surface area contributed by atoms with Crippen molar-refractivity contribution >= 4 is 5.91 Å². The second kappa shape index (κ2) is 4.98. The van der Waals surface area contributed by atoms with E-state index in [2.05, 4.69) is 11.4 Å². The van der Waals surface area contributed by atoms with Crippen LogP contribution in [0.25, 0.3) is 0 Å². The Hall–Kier alpha value is -1.55. The number of amides is 1. The molecule has 18 heavy (non-hydrogen) atoms. The summed E-state index contributed by atoms with van der Waals surface area (Å²) in [4.78, 5) is 11.4. The van der Waals surface area contributed by atoms with E-state index in [9.17, 15) is 4.79 Å². The summed E-state index contributed by atoms with van der Waals surface area (Å²) in [6, 6.07) is 6.15. The predicted octanol–water partition coefficient (Wildman–Crippen LogP) is 1.37. The zero-order chi connectivity index (χ0) is 13.2. The number of benzene rings is 1. The van der Waals surface area contributed by atoms with Crippen LogP contribution in [0.4, 0.5) is 0 Å². The molecule has 4 nitrogen and oxygen atoms in total. The first-order valence-corrected chi connectivity index (χ1v) is 6.34. The van der Waals surface area contributed by atoms with Crippen molar-refractivity contribution in [3.05, 3.63) is 29.3 Å². The van der Waals surface area contributed by atoms with E-state index in [1.54, 1.807) is 0 Å². The molecule has 4 heteroatoms. The lowest BCUT2D eigenvalue weighted by Crippen LogP contribution is -2.52. The molecule has 98 valence electrons. The third kappa shape index (κ3) is 2.48. The van der Waals surface area contributed by atoms with Crippen LogP contribution in [-0.2, 0) is 17.8 Å². The Bertz CT molecular complexity index is 459. The SMILES string of the molecule is CCC(C)(NCc1ccc2c(c1)CCO2)C(N)=O. The number of carbonyl (C=O) groups excluding carboxylic acids is 1. The molecule has 1 atom stereocenters. The van der Waals surface area contributed by atoms with Crippen molar-refractivity contribution < 1.29 is 9.53 Å². The average Bonchev–Trinajstić information content (AvgIpc) is 2.82. The Labute approximate surface area is 108 Å². The molecule has 0 saturated carbocycles. The van der Waals surface area contributed by atoms with E-state index < -0.39 is 5.54 Å². The van der Waals surface area contributed by atoms with Crippen LogP contribution in [0, 0.1) is 0 Å². The van der Waals surface area contributed by atoms with Crippen LogP contribution in [0.15, 0.2) is 18.2 Å². The molecule has 1 aromatic carbocycles.